The van der Waals surface area contributed by atoms with Crippen molar-refractivity contribution in [3.63, 3.8) is 0 Å². The second-order valence-electron chi connectivity index (χ2n) is 4.82. The monoisotopic (exact) mass is 277 g/mol. The van der Waals surface area contributed by atoms with Crippen LogP contribution in [0.3, 0.4) is 0 Å². The Morgan fingerprint density at radius 1 is 1.32 bits per heavy atom. The molecule has 2 aromatic rings. The van der Waals surface area contributed by atoms with Crippen LogP contribution in [0.25, 0.3) is 0 Å². The molecule has 0 spiro atoms. The third-order valence-electron chi connectivity index (χ3n) is 3.06. The van der Waals surface area contributed by atoms with E-state index in [0.29, 0.717) is 24.9 Å². The molecule has 2 nitrogen and oxygen atoms in total. The van der Waals surface area contributed by atoms with Gasteiger partial charge in [0, 0.05) is 23.5 Å². The minimum absolute atomic E-state index is 0.240. The van der Waals surface area contributed by atoms with Crippen molar-refractivity contribution >= 4 is 11.3 Å². The van der Waals surface area contributed by atoms with E-state index in [1.807, 2.05) is 23.6 Å². The Morgan fingerprint density at radius 2 is 2.21 bits per heavy atom. The van der Waals surface area contributed by atoms with E-state index < -0.39 is 0 Å². The average molecular weight is 277 g/mol. The Balaban J connectivity index is 1.62. The van der Waals surface area contributed by atoms with E-state index in [-0.39, 0.29) is 5.82 Å². The molecule has 1 aromatic heterocycles. The number of halogens is 1. The summed E-state index contributed by atoms with van der Waals surface area (Å²) >= 11 is 1.64. The zero-order valence-corrected chi connectivity index (χ0v) is 11.4. The quantitative estimate of drug-likeness (QED) is 0.869. The lowest BCUT2D eigenvalue weighted by molar-refractivity contribution is 0.307. The SMILES string of the molecule is Fc1cc(CNC2CC2)cc(OCc2cccs2)c1. The molecular formula is C15H16FNOS. The Labute approximate surface area is 116 Å². The van der Waals surface area contributed by atoms with Gasteiger partial charge < -0.3 is 10.1 Å². The van der Waals surface area contributed by atoms with Gasteiger partial charge in [-0.05, 0) is 42.0 Å². The molecule has 0 unspecified atom stereocenters. The van der Waals surface area contributed by atoms with Gasteiger partial charge in [0.1, 0.15) is 18.2 Å². The van der Waals surface area contributed by atoms with Crippen LogP contribution in [-0.4, -0.2) is 6.04 Å². The van der Waals surface area contributed by atoms with E-state index in [4.69, 9.17) is 4.74 Å². The largest absolute Gasteiger partial charge is 0.488 e. The van der Waals surface area contributed by atoms with Gasteiger partial charge in [0.15, 0.2) is 0 Å². The first-order valence-corrected chi connectivity index (χ1v) is 7.35. The lowest BCUT2D eigenvalue weighted by Crippen LogP contribution is -2.15. The van der Waals surface area contributed by atoms with Crippen molar-refractivity contribution in [2.75, 3.05) is 0 Å². The van der Waals surface area contributed by atoms with Crippen LogP contribution in [0.15, 0.2) is 35.7 Å². The molecule has 1 fully saturated rings. The second kappa shape index (κ2) is 5.72. The standard InChI is InChI=1S/C15H16FNOS/c16-12-6-11(9-17-13-3-4-13)7-14(8-12)18-10-15-2-1-5-19-15/h1-2,5-8,13,17H,3-4,9-10H2. The highest BCUT2D eigenvalue weighted by Gasteiger charge is 2.20. The summed E-state index contributed by atoms with van der Waals surface area (Å²) in [7, 11) is 0. The Bertz CT molecular complexity index is 537. The van der Waals surface area contributed by atoms with Gasteiger partial charge >= 0.3 is 0 Å². The van der Waals surface area contributed by atoms with Crippen LogP contribution in [0, 0.1) is 5.82 Å². The van der Waals surface area contributed by atoms with Crippen molar-refractivity contribution in [1.82, 2.24) is 5.32 Å². The molecule has 1 N–H and O–H groups in total. The first kappa shape index (κ1) is 12.6. The van der Waals surface area contributed by atoms with Gasteiger partial charge in [-0.1, -0.05) is 6.07 Å². The molecule has 1 aliphatic carbocycles. The van der Waals surface area contributed by atoms with Gasteiger partial charge in [-0.3, -0.25) is 0 Å². The van der Waals surface area contributed by atoms with E-state index in [2.05, 4.69) is 5.32 Å². The normalized spacial score (nSPS) is 14.6. The zero-order chi connectivity index (χ0) is 13.1. The molecule has 0 saturated heterocycles. The van der Waals surface area contributed by atoms with Crippen LogP contribution in [-0.2, 0) is 13.2 Å². The summed E-state index contributed by atoms with van der Waals surface area (Å²) in [5, 5.41) is 5.39. The molecule has 1 saturated carbocycles. The molecule has 19 heavy (non-hydrogen) atoms. The fourth-order valence-electron chi connectivity index (χ4n) is 1.90. The van der Waals surface area contributed by atoms with Crippen molar-refractivity contribution in [3.8, 4) is 5.75 Å². The molecule has 1 aliphatic rings. The van der Waals surface area contributed by atoms with Crippen molar-refractivity contribution < 1.29 is 9.13 Å². The van der Waals surface area contributed by atoms with Gasteiger partial charge in [0.2, 0.25) is 0 Å². The summed E-state index contributed by atoms with van der Waals surface area (Å²) in [5.41, 5.74) is 0.938. The van der Waals surface area contributed by atoms with E-state index >= 15 is 0 Å². The van der Waals surface area contributed by atoms with Crippen molar-refractivity contribution in [3.05, 3.63) is 52.0 Å². The first-order chi connectivity index (χ1) is 9.29. The molecule has 0 aliphatic heterocycles. The summed E-state index contributed by atoms with van der Waals surface area (Å²) in [6, 6.07) is 9.53. The topological polar surface area (TPSA) is 21.3 Å². The van der Waals surface area contributed by atoms with Crippen LogP contribution < -0.4 is 10.1 Å². The van der Waals surface area contributed by atoms with Gasteiger partial charge in [0.05, 0.1) is 0 Å². The van der Waals surface area contributed by atoms with Crippen LogP contribution >= 0.6 is 11.3 Å². The van der Waals surface area contributed by atoms with Crippen LogP contribution in [0.4, 0.5) is 4.39 Å². The maximum absolute atomic E-state index is 13.5. The molecule has 1 aromatic carbocycles. The number of hydrogen-bond acceptors (Lipinski definition) is 3. The van der Waals surface area contributed by atoms with Crippen molar-refractivity contribution in [2.24, 2.45) is 0 Å². The number of thiophene rings is 1. The van der Waals surface area contributed by atoms with Crippen molar-refractivity contribution in [1.29, 1.82) is 0 Å². The predicted octanol–water partition coefficient (Wildman–Crippen LogP) is 3.72. The predicted molar refractivity (Wildman–Crippen MR) is 74.9 cm³/mol. The minimum Gasteiger partial charge on any atom is -0.488 e. The molecule has 100 valence electrons. The lowest BCUT2D eigenvalue weighted by atomic mass is 10.2. The van der Waals surface area contributed by atoms with Crippen molar-refractivity contribution in [2.45, 2.75) is 32.0 Å². The number of ether oxygens (including phenoxy) is 1. The number of rotatable bonds is 6. The Morgan fingerprint density at radius 3 is 2.95 bits per heavy atom. The summed E-state index contributed by atoms with van der Waals surface area (Å²) in [5.74, 6) is 0.359. The van der Waals surface area contributed by atoms with E-state index in [1.54, 1.807) is 17.4 Å². The summed E-state index contributed by atoms with van der Waals surface area (Å²) < 4.78 is 19.2. The molecule has 0 amide bonds. The van der Waals surface area contributed by atoms with E-state index in [0.717, 1.165) is 10.4 Å². The van der Waals surface area contributed by atoms with Gasteiger partial charge in [-0.2, -0.15) is 0 Å². The van der Waals surface area contributed by atoms with E-state index in [9.17, 15) is 4.39 Å². The number of nitrogens with one attached hydrogen (secondary N) is 1. The summed E-state index contributed by atoms with van der Waals surface area (Å²) in [6.07, 6.45) is 2.47. The highest BCUT2D eigenvalue weighted by molar-refractivity contribution is 7.09. The third kappa shape index (κ3) is 3.78. The lowest BCUT2D eigenvalue weighted by Gasteiger charge is -2.08. The smallest absolute Gasteiger partial charge is 0.127 e. The highest BCUT2D eigenvalue weighted by atomic mass is 32.1. The van der Waals surface area contributed by atoms with E-state index in [1.165, 1.54) is 18.9 Å². The van der Waals surface area contributed by atoms with Crippen LogP contribution in [0.2, 0.25) is 0 Å². The summed E-state index contributed by atoms with van der Waals surface area (Å²) in [6.45, 7) is 1.20. The molecule has 1 heterocycles. The molecule has 0 bridgehead atoms. The molecule has 0 radical (unpaired) electrons. The Hall–Kier alpha value is -1.39. The minimum atomic E-state index is -0.240. The average Bonchev–Trinajstić information content (AvgIpc) is 3.08. The number of benzene rings is 1. The molecule has 3 rings (SSSR count). The van der Waals surface area contributed by atoms with Crippen LogP contribution in [0.1, 0.15) is 23.3 Å². The van der Waals surface area contributed by atoms with Gasteiger partial charge in [-0.25, -0.2) is 4.39 Å². The fraction of sp³-hybridized carbons (Fsp3) is 0.333. The fourth-order valence-corrected chi connectivity index (χ4v) is 2.52. The third-order valence-corrected chi connectivity index (χ3v) is 3.91. The Kier molecular flexibility index (Phi) is 3.80. The molecule has 4 heteroatoms. The molecular weight excluding hydrogens is 261 g/mol. The maximum atomic E-state index is 13.5. The number of hydrogen-bond donors (Lipinski definition) is 1. The zero-order valence-electron chi connectivity index (χ0n) is 10.6. The second-order valence-corrected chi connectivity index (χ2v) is 5.85. The summed E-state index contributed by atoms with van der Waals surface area (Å²) in [4.78, 5) is 1.14. The highest BCUT2D eigenvalue weighted by Crippen LogP contribution is 2.22. The van der Waals surface area contributed by atoms with Crippen LogP contribution in [0.5, 0.6) is 5.75 Å². The van der Waals surface area contributed by atoms with Gasteiger partial charge in [0.25, 0.3) is 0 Å². The first-order valence-electron chi connectivity index (χ1n) is 6.47. The van der Waals surface area contributed by atoms with Gasteiger partial charge in [-0.15, -0.1) is 11.3 Å². The maximum Gasteiger partial charge on any atom is 0.127 e. The molecule has 0 atom stereocenters.